The van der Waals surface area contributed by atoms with E-state index >= 15 is 0 Å². The van der Waals surface area contributed by atoms with E-state index in [4.69, 9.17) is 4.74 Å². The van der Waals surface area contributed by atoms with Crippen molar-refractivity contribution < 1.29 is 9.53 Å². The summed E-state index contributed by atoms with van der Waals surface area (Å²) in [7, 11) is 1.60. The van der Waals surface area contributed by atoms with Crippen LogP contribution in [0.25, 0.3) is 0 Å². The molecule has 5 heteroatoms. The highest BCUT2D eigenvalue weighted by Gasteiger charge is 2.14. The largest absolute Gasteiger partial charge is 0.497 e. The van der Waals surface area contributed by atoms with Crippen LogP contribution in [0.3, 0.4) is 0 Å². The summed E-state index contributed by atoms with van der Waals surface area (Å²) in [6.45, 7) is 2.09. The Balaban J connectivity index is 1.73. The first kappa shape index (κ1) is 16.3. The zero-order valence-corrected chi connectivity index (χ0v) is 14.0. The van der Waals surface area contributed by atoms with Gasteiger partial charge in [-0.3, -0.25) is 9.78 Å². The summed E-state index contributed by atoms with van der Waals surface area (Å²) in [5.41, 5.74) is 2.20. The molecule has 5 nitrogen and oxygen atoms in total. The molecule has 0 spiro atoms. The fourth-order valence-corrected chi connectivity index (χ4v) is 2.97. The number of carbonyl (C=O) groups excluding carboxylic acids is 1. The Morgan fingerprint density at radius 2 is 1.92 bits per heavy atom. The minimum absolute atomic E-state index is 0.208. The van der Waals surface area contributed by atoms with Crippen molar-refractivity contribution in [2.24, 2.45) is 0 Å². The predicted octanol–water partition coefficient (Wildman–Crippen LogP) is 3.72. The Morgan fingerprint density at radius 3 is 2.67 bits per heavy atom. The Kier molecular flexibility index (Phi) is 5.31. The third kappa shape index (κ3) is 4.04. The van der Waals surface area contributed by atoms with Crippen LogP contribution in [-0.2, 0) is 0 Å². The second kappa shape index (κ2) is 7.81. The number of aromatic nitrogens is 1. The molecule has 1 aliphatic rings. The van der Waals surface area contributed by atoms with Crippen LogP contribution in [0.1, 0.15) is 36.2 Å². The van der Waals surface area contributed by atoms with E-state index in [-0.39, 0.29) is 5.91 Å². The Bertz CT molecular complexity index is 695. The molecular weight excluding hydrogens is 302 g/mol. The highest BCUT2D eigenvalue weighted by Crippen LogP contribution is 2.21. The molecule has 1 N–H and O–H groups in total. The van der Waals surface area contributed by atoms with E-state index < -0.39 is 0 Å². The van der Waals surface area contributed by atoms with Gasteiger partial charge in [0.05, 0.1) is 7.11 Å². The van der Waals surface area contributed by atoms with Gasteiger partial charge >= 0.3 is 0 Å². The quantitative estimate of drug-likeness (QED) is 0.931. The van der Waals surface area contributed by atoms with E-state index in [9.17, 15) is 4.79 Å². The van der Waals surface area contributed by atoms with Crippen LogP contribution in [0.15, 0.2) is 42.6 Å². The maximum absolute atomic E-state index is 12.5. The SMILES string of the molecule is COc1cccc(NC(=O)c2cc(N3CCCCCC3)ccn2)c1. The number of benzene rings is 1. The first-order chi connectivity index (χ1) is 11.8. The van der Waals surface area contributed by atoms with Crippen LogP contribution >= 0.6 is 0 Å². The van der Waals surface area contributed by atoms with Crippen molar-refractivity contribution in [3.8, 4) is 5.75 Å². The lowest BCUT2D eigenvalue weighted by Gasteiger charge is -2.22. The predicted molar refractivity (Wildman–Crippen MR) is 95.9 cm³/mol. The molecule has 0 atom stereocenters. The molecule has 0 unspecified atom stereocenters. The molecule has 24 heavy (non-hydrogen) atoms. The number of ether oxygens (including phenoxy) is 1. The lowest BCUT2D eigenvalue weighted by molar-refractivity contribution is 0.102. The summed E-state index contributed by atoms with van der Waals surface area (Å²) in [4.78, 5) is 19.1. The van der Waals surface area contributed by atoms with Crippen molar-refractivity contribution in [1.82, 2.24) is 4.98 Å². The van der Waals surface area contributed by atoms with Gasteiger partial charge in [0.2, 0.25) is 0 Å². The van der Waals surface area contributed by atoms with Gasteiger partial charge in [-0.15, -0.1) is 0 Å². The van der Waals surface area contributed by atoms with Gasteiger partial charge in [-0.1, -0.05) is 18.9 Å². The summed E-state index contributed by atoms with van der Waals surface area (Å²) >= 11 is 0. The highest BCUT2D eigenvalue weighted by atomic mass is 16.5. The summed E-state index contributed by atoms with van der Waals surface area (Å²) in [5, 5.41) is 2.88. The number of hydrogen-bond acceptors (Lipinski definition) is 4. The minimum Gasteiger partial charge on any atom is -0.497 e. The molecule has 1 aliphatic heterocycles. The number of rotatable bonds is 4. The van der Waals surface area contributed by atoms with Crippen molar-refractivity contribution in [3.05, 3.63) is 48.3 Å². The molecular formula is C19H23N3O2. The summed E-state index contributed by atoms with van der Waals surface area (Å²) < 4.78 is 5.18. The van der Waals surface area contributed by atoms with Crippen molar-refractivity contribution in [2.45, 2.75) is 25.7 Å². The van der Waals surface area contributed by atoms with Crippen molar-refractivity contribution >= 4 is 17.3 Å². The molecule has 1 aromatic heterocycles. The highest BCUT2D eigenvalue weighted by molar-refractivity contribution is 6.03. The fourth-order valence-electron chi connectivity index (χ4n) is 2.97. The van der Waals surface area contributed by atoms with E-state index in [1.165, 1.54) is 25.7 Å². The standard InChI is InChI=1S/C19H23N3O2/c1-24-17-8-6-7-15(13-17)21-19(23)18-14-16(9-10-20-18)22-11-4-2-3-5-12-22/h6-10,13-14H,2-5,11-12H2,1H3,(H,21,23). The van der Waals surface area contributed by atoms with Gasteiger partial charge in [0.25, 0.3) is 5.91 Å². The molecule has 0 aliphatic carbocycles. The number of nitrogens with zero attached hydrogens (tertiary/aromatic N) is 2. The number of hydrogen-bond donors (Lipinski definition) is 1. The summed E-state index contributed by atoms with van der Waals surface area (Å²) in [6.07, 6.45) is 6.68. The van der Waals surface area contributed by atoms with Gasteiger partial charge in [-0.25, -0.2) is 0 Å². The molecule has 1 fully saturated rings. The number of carbonyl (C=O) groups is 1. The summed E-state index contributed by atoms with van der Waals surface area (Å²) in [6, 6.07) is 11.2. The maximum atomic E-state index is 12.5. The van der Waals surface area contributed by atoms with E-state index in [1.807, 2.05) is 30.3 Å². The van der Waals surface area contributed by atoms with Crippen molar-refractivity contribution in [3.63, 3.8) is 0 Å². The number of anilines is 2. The third-order valence-corrected chi connectivity index (χ3v) is 4.27. The molecule has 126 valence electrons. The number of nitrogens with one attached hydrogen (secondary N) is 1. The van der Waals surface area contributed by atoms with Gasteiger partial charge in [0.1, 0.15) is 11.4 Å². The lowest BCUT2D eigenvalue weighted by Crippen LogP contribution is -2.24. The maximum Gasteiger partial charge on any atom is 0.274 e. The molecule has 1 aromatic carbocycles. The zero-order chi connectivity index (χ0) is 16.8. The van der Waals surface area contributed by atoms with Gasteiger partial charge in [0, 0.05) is 36.7 Å². The van der Waals surface area contributed by atoms with Crippen LogP contribution in [0.5, 0.6) is 5.75 Å². The van der Waals surface area contributed by atoms with Gasteiger partial charge in [0.15, 0.2) is 0 Å². The monoisotopic (exact) mass is 325 g/mol. The molecule has 0 radical (unpaired) electrons. The van der Waals surface area contributed by atoms with Crippen LogP contribution in [0.4, 0.5) is 11.4 Å². The van der Waals surface area contributed by atoms with Gasteiger partial charge < -0.3 is 15.0 Å². The molecule has 3 rings (SSSR count). The first-order valence-corrected chi connectivity index (χ1v) is 8.43. The van der Waals surface area contributed by atoms with Crippen LogP contribution in [-0.4, -0.2) is 31.1 Å². The second-order valence-corrected chi connectivity index (χ2v) is 5.99. The Morgan fingerprint density at radius 1 is 1.12 bits per heavy atom. The number of amides is 1. The molecule has 0 saturated carbocycles. The van der Waals surface area contributed by atoms with Crippen LogP contribution < -0.4 is 15.0 Å². The van der Waals surface area contributed by atoms with Crippen LogP contribution in [0, 0.1) is 0 Å². The Labute approximate surface area is 142 Å². The summed E-state index contributed by atoms with van der Waals surface area (Å²) in [5.74, 6) is 0.499. The number of pyridine rings is 1. The lowest BCUT2D eigenvalue weighted by atomic mass is 10.2. The fraction of sp³-hybridized carbons (Fsp3) is 0.368. The topological polar surface area (TPSA) is 54.5 Å². The van der Waals surface area contributed by atoms with Gasteiger partial charge in [-0.2, -0.15) is 0 Å². The third-order valence-electron chi connectivity index (χ3n) is 4.27. The van der Waals surface area contributed by atoms with Crippen molar-refractivity contribution in [2.75, 3.05) is 30.4 Å². The Hall–Kier alpha value is -2.56. The van der Waals surface area contributed by atoms with E-state index in [0.29, 0.717) is 17.1 Å². The molecule has 0 bridgehead atoms. The first-order valence-electron chi connectivity index (χ1n) is 8.43. The number of methoxy groups -OCH3 is 1. The molecule has 2 aromatic rings. The molecule has 2 heterocycles. The van der Waals surface area contributed by atoms with Crippen LogP contribution in [0.2, 0.25) is 0 Å². The molecule has 1 amide bonds. The van der Waals surface area contributed by atoms with Gasteiger partial charge in [-0.05, 0) is 37.1 Å². The van der Waals surface area contributed by atoms with E-state index in [0.717, 1.165) is 18.8 Å². The second-order valence-electron chi connectivity index (χ2n) is 5.99. The van der Waals surface area contributed by atoms with E-state index in [2.05, 4.69) is 15.2 Å². The smallest absolute Gasteiger partial charge is 0.274 e. The average molecular weight is 325 g/mol. The average Bonchev–Trinajstić information content (AvgIpc) is 2.91. The minimum atomic E-state index is -0.208. The normalized spacial score (nSPS) is 14.8. The molecule has 1 saturated heterocycles. The van der Waals surface area contributed by atoms with E-state index in [1.54, 1.807) is 19.4 Å². The zero-order valence-electron chi connectivity index (χ0n) is 14.0. The van der Waals surface area contributed by atoms with Crippen molar-refractivity contribution in [1.29, 1.82) is 0 Å².